The minimum Gasteiger partial charge on any atom is -0.0616 e. The summed E-state index contributed by atoms with van der Waals surface area (Å²) in [5, 5.41) is 5.29. The topological polar surface area (TPSA) is 0 Å². The molecule has 0 aromatic heterocycles. The molecule has 4 aliphatic rings. The maximum atomic E-state index is 2.50. The van der Waals surface area contributed by atoms with Gasteiger partial charge in [0.2, 0.25) is 0 Å². The van der Waals surface area contributed by atoms with Gasteiger partial charge in [-0.15, -0.1) is 0 Å². The quantitative estimate of drug-likeness (QED) is 0.208. The van der Waals surface area contributed by atoms with Gasteiger partial charge in [0.15, 0.2) is 0 Å². The number of hydrogen-bond acceptors (Lipinski definition) is 0. The monoisotopic (exact) mass is 520 g/mol. The molecule has 0 N–H and O–H groups in total. The molecule has 0 amide bonds. The van der Waals surface area contributed by atoms with Crippen LogP contribution >= 0.6 is 0 Å². The van der Waals surface area contributed by atoms with E-state index in [-0.39, 0.29) is 5.41 Å². The second-order valence-electron chi connectivity index (χ2n) is 14.5. The van der Waals surface area contributed by atoms with Gasteiger partial charge in [-0.05, 0) is 134 Å². The lowest BCUT2D eigenvalue weighted by atomic mass is 9.48. The van der Waals surface area contributed by atoms with Crippen molar-refractivity contribution in [3.05, 3.63) is 108 Å². The summed E-state index contributed by atoms with van der Waals surface area (Å²) < 4.78 is 0. The fraction of sp³-hybridized carbons (Fsp3) is 0.350. The third-order valence-electron chi connectivity index (χ3n) is 10.7. The van der Waals surface area contributed by atoms with Crippen LogP contribution in [0, 0.1) is 17.8 Å². The molecule has 40 heavy (non-hydrogen) atoms. The predicted octanol–water partition coefficient (Wildman–Crippen LogP) is 11.1. The summed E-state index contributed by atoms with van der Waals surface area (Å²) in [4.78, 5) is 0. The van der Waals surface area contributed by atoms with E-state index in [0.29, 0.717) is 5.41 Å². The van der Waals surface area contributed by atoms with Crippen molar-refractivity contribution >= 4 is 21.5 Å². The maximum absolute atomic E-state index is 2.50. The number of hydrogen-bond donors (Lipinski definition) is 0. The first-order valence-electron chi connectivity index (χ1n) is 15.5. The van der Waals surface area contributed by atoms with Gasteiger partial charge < -0.3 is 0 Å². The van der Waals surface area contributed by atoms with Crippen molar-refractivity contribution in [2.45, 2.75) is 70.1 Å². The van der Waals surface area contributed by atoms with Gasteiger partial charge in [-0.3, -0.25) is 0 Å². The Hall–Kier alpha value is -3.38. The molecule has 0 heteroatoms. The molecular weight excluding hydrogens is 480 g/mol. The molecule has 4 fully saturated rings. The van der Waals surface area contributed by atoms with Gasteiger partial charge in [0.05, 0.1) is 0 Å². The van der Waals surface area contributed by atoms with Crippen molar-refractivity contribution in [3.63, 3.8) is 0 Å². The molecule has 0 saturated heterocycles. The third-order valence-corrected chi connectivity index (χ3v) is 10.7. The van der Waals surface area contributed by atoms with Gasteiger partial charge in [0.25, 0.3) is 0 Å². The Morgan fingerprint density at radius 2 is 1.12 bits per heavy atom. The van der Waals surface area contributed by atoms with E-state index in [4.69, 9.17) is 0 Å². The lowest BCUT2D eigenvalue weighted by Gasteiger charge is -2.57. The molecule has 5 aromatic rings. The SMILES string of the molecule is CC(C)(C)c1cc(-c2ccc(C34CC5CC(CC(C5)C3)C4)cc2)cc(-c2cc3ccccc3c3ccccc23)c1. The normalized spacial score (nSPS) is 25.6. The van der Waals surface area contributed by atoms with Gasteiger partial charge in [0, 0.05) is 0 Å². The van der Waals surface area contributed by atoms with Crippen LogP contribution in [0.5, 0.6) is 0 Å². The van der Waals surface area contributed by atoms with Crippen LogP contribution in [0.15, 0.2) is 97.1 Å². The highest BCUT2D eigenvalue weighted by Crippen LogP contribution is 2.60. The second-order valence-corrected chi connectivity index (χ2v) is 14.5. The molecule has 0 heterocycles. The second kappa shape index (κ2) is 8.81. The van der Waals surface area contributed by atoms with E-state index in [1.807, 2.05) is 0 Å². The van der Waals surface area contributed by atoms with Crippen molar-refractivity contribution < 1.29 is 0 Å². The molecule has 4 aliphatic carbocycles. The summed E-state index contributed by atoms with van der Waals surface area (Å²) in [5.41, 5.74) is 8.83. The Labute approximate surface area is 239 Å². The van der Waals surface area contributed by atoms with E-state index in [9.17, 15) is 0 Å². The van der Waals surface area contributed by atoms with E-state index in [1.54, 1.807) is 5.56 Å². The van der Waals surface area contributed by atoms with E-state index in [0.717, 1.165) is 17.8 Å². The smallest absolute Gasteiger partial charge is 0.00391 e. The fourth-order valence-corrected chi connectivity index (χ4v) is 9.16. The van der Waals surface area contributed by atoms with Crippen LogP contribution in [0.4, 0.5) is 0 Å². The molecule has 5 aromatic carbocycles. The molecule has 4 bridgehead atoms. The van der Waals surface area contributed by atoms with Crippen LogP contribution in [-0.2, 0) is 10.8 Å². The van der Waals surface area contributed by atoms with Crippen LogP contribution < -0.4 is 0 Å². The fourth-order valence-electron chi connectivity index (χ4n) is 9.16. The predicted molar refractivity (Wildman–Crippen MR) is 171 cm³/mol. The van der Waals surface area contributed by atoms with E-state index in [2.05, 4.69) is 118 Å². The van der Waals surface area contributed by atoms with E-state index in [1.165, 1.54) is 87.9 Å². The van der Waals surface area contributed by atoms with Gasteiger partial charge in [-0.25, -0.2) is 0 Å². The van der Waals surface area contributed by atoms with Crippen LogP contribution in [0.1, 0.15) is 70.4 Å². The molecule has 0 aliphatic heterocycles. The average Bonchev–Trinajstić information content (AvgIpc) is 2.95. The largest absolute Gasteiger partial charge is 0.0616 e. The van der Waals surface area contributed by atoms with Gasteiger partial charge in [-0.1, -0.05) is 106 Å². The van der Waals surface area contributed by atoms with Crippen molar-refractivity contribution in [1.29, 1.82) is 0 Å². The van der Waals surface area contributed by atoms with Crippen molar-refractivity contribution in [2.24, 2.45) is 17.8 Å². The first-order chi connectivity index (χ1) is 19.3. The average molecular weight is 521 g/mol. The third kappa shape index (κ3) is 3.94. The zero-order valence-corrected chi connectivity index (χ0v) is 24.2. The lowest BCUT2D eigenvalue weighted by Crippen LogP contribution is -2.48. The van der Waals surface area contributed by atoms with Crippen molar-refractivity contribution in [3.8, 4) is 22.3 Å². The summed E-state index contributed by atoms with van der Waals surface area (Å²) in [5.74, 6) is 2.94. The molecular formula is C40H40. The lowest BCUT2D eigenvalue weighted by molar-refractivity contribution is -0.00518. The number of fused-ring (bicyclic) bond motifs is 3. The molecule has 9 rings (SSSR count). The summed E-state index contributed by atoms with van der Waals surface area (Å²) in [6, 6.07) is 37.3. The van der Waals surface area contributed by atoms with Gasteiger partial charge in [0.1, 0.15) is 0 Å². The molecule has 0 radical (unpaired) electrons. The summed E-state index contributed by atoms with van der Waals surface area (Å²) >= 11 is 0. The Morgan fingerprint density at radius 3 is 1.77 bits per heavy atom. The first-order valence-corrected chi connectivity index (χ1v) is 15.5. The van der Waals surface area contributed by atoms with Crippen LogP contribution in [0.25, 0.3) is 43.8 Å². The summed E-state index contributed by atoms with van der Waals surface area (Å²) in [6.07, 6.45) is 8.79. The standard InChI is InChI=1S/C40H40/c1-39(2,3)34-20-31(29-12-14-33(15-13-29)40-23-26-16-27(24-40)18-28(17-26)25-40)19-32(21-34)38-22-30-8-4-5-9-35(30)36-10-6-7-11-37(36)38/h4-15,19-22,26-28H,16-18,23-25H2,1-3H3. The molecule has 0 nitrogen and oxygen atoms in total. The molecule has 0 spiro atoms. The number of benzene rings is 5. The zero-order valence-electron chi connectivity index (χ0n) is 24.2. The van der Waals surface area contributed by atoms with E-state index >= 15 is 0 Å². The molecule has 200 valence electrons. The highest BCUT2D eigenvalue weighted by molar-refractivity contribution is 6.13. The Bertz CT molecular complexity index is 1710. The maximum Gasteiger partial charge on any atom is -0.00391 e. The molecule has 0 atom stereocenters. The van der Waals surface area contributed by atoms with Crippen LogP contribution in [0.2, 0.25) is 0 Å². The molecule has 4 saturated carbocycles. The van der Waals surface area contributed by atoms with Crippen molar-refractivity contribution in [2.75, 3.05) is 0 Å². The highest BCUT2D eigenvalue weighted by Gasteiger charge is 2.51. The summed E-state index contributed by atoms with van der Waals surface area (Å²) in [6.45, 7) is 7.01. The van der Waals surface area contributed by atoms with Gasteiger partial charge >= 0.3 is 0 Å². The minimum absolute atomic E-state index is 0.0660. The Balaban J connectivity index is 1.25. The van der Waals surface area contributed by atoms with Crippen molar-refractivity contribution in [1.82, 2.24) is 0 Å². The highest BCUT2D eigenvalue weighted by atomic mass is 14.6. The van der Waals surface area contributed by atoms with Crippen LogP contribution in [-0.4, -0.2) is 0 Å². The summed E-state index contributed by atoms with van der Waals surface area (Å²) in [7, 11) is 0. The molecule has 0 unspecified atom stereocenters. The number of rotatable bonds is 3. The first kappa shape index (κ1) is 24.4. The van der Waals surface area contributed by atoms with Crippen LogP contribution in [0.3, 0.4) is 0 Å². The minimum atomic E-state index is 0.0660. The Morgan fingerprint density at radius 1 is 0.550 bits per heavy atom. The van der Waals surface area contributed by atoms with E-state index < -0.39 is 0 Å². The zero-order chi connectivity index (χ0) is 27.1. The Kier molecular flexibility index (Phi) is 5.38. The van der Waals surface area contributed by atoms with Gasteiger partial charge in [-0.2, -0.15) is 0 Å².